The van der Waals surface area contributed by atoms with E-state index in [0.717, 1.165) is 29.7 Å². The molecule has 2 aliphatic rings. The highest BCUT2D eigenvalue weighted by Crippen LogP contribution is 2.34. The van der Waals surface area contributed by atoms with Crippen LogP contribution in [0.25, 0.3) is 5.57 Å². The first-order valence-electron chi connectivity index (χ1n) is 9.70. The van der Waals surface area contributed by atoms with Crippen LogP contribution in [-0.2, 0) is 14.3 Å². The van der Waals surface area contributed by atoms with Gasteiger partial charge in [-0.05, 0) is 62.0 Å². The fourth-order valence-electron chi connectivity index (χ4n) is 3.63. The second-order valence-corrected chi connectivity index (χ2v) is 6.82. The monoisotopic (exact) mass is 396 g/mol. The van der Waals surface area contributed by atoms with Crippen LogP contribution in [0.1, 0.15) is 44.6 Å². The van der Waals surface area contributed by atoms with Gasteiger partial charge in [0.05, 0.1) is 25.2 Å². The third kappa shape index (κ3) is 4.62. The van der Waals surface area contributed by atoms with E-state index >= 15 is 0 Å². The van der Waals surface area contributed by atoms with Crippen molar-refractivity contribution in [1.82, 2.24) is 0 Å². The SMILES string of the molecule is CCOC1=CC(c2ccc(NC(=O)C3=C(C(=O)N=O)CCC3)c(OC)c2)=CCC1. The van der Waals surface area contributed by atoms with Crippen molar-refractivity contribution in [3.8, 4) is 5.75 Å². The van der Waals surface area contributed by atoms with Gasteiger partial charge in [0.2, 0.25) is 0 Å². The fraction of sp³-hybridized carbons (Fsp3) is 0.364. The van der Waals surface area contributed by atoms with Crippen LogP contribution in [0.2, 0.25) is 0 Å². The van der Waals surface area contributed by atoms with Crippen LogP contribution in [0.5, 0.6) is 5.75 Å². The summed E-state index contributed by atoms with van der Waals surface area (Å²) in [5.41, 5.74) is 3.02. The van der Waals surface area contributed by atoms with Crippen LogP contribution in [-0.4, -0.2) is 25.5 Å². The van der Waals surface area contributed by atoms with Crippen molar-refractivity contribution in [1.29, 1.82) is 0 Å². The molecule has 0 fully saturated rings. The van der Waals surface area contributed by atoms with Crippen molar-refractivity contribution in [3.63, 3.8) is 0 Å². The lowest BCUT2D eigenvalue weighted by Crippen LogP contribution is -2.16. The highest BCUT2D eigenvalue weighted by atomic mass is 16.5. The Kier molecular flexibility index (Phi) is 6.59. The van der Waals surface area contributed by atoms with E-state index in [-0.39, 0.29) is 5.57 Å². The molecule has 29 heavy (non-hydrogen) atoms. The normalized spacial score (nSPS) is 16.1. The number of carbonyl (C=O) groups is 2. The van der Waals surface area contributed by atoms with Gasteiger partial charge in [0, 0.05) is 22.7 Å². The predicted octanol–water partition coefficient (Wildman–Crippen LogP) is 4.50. The highest BCUT2D eigenvalue weighted by Gasteiger charge is 2.26. The predicted molar refractivity (Wildman–Crippen MR) is 110 cm³/mol. The molecule has 0 aromatic heterocycles. The molecule has 0 saturated heterocycles. The van der Waals surface area contributed by atoms with Crippen LogP contribution < -0.4 is 10.1 Å². The molecule has 0 bridgehead atoms. The summed E-state index contributed by atoms with van der Waals surface area (Å²) in [6.07, 6.45) is 7.44. The van der Waals surface area contributed by atoms with Crippen molar-refractivity contribution in [2.24, 2.45) is 5.18 Å². The van der Waals surface area contributed by atoms with E-state index in [1.807, 2.05) is 25.1 Å². The summed E-state index contributed by atoms with van der Waals surface area (Å²) < 4.78 is 11.1. The largest absolute Gasteiger partial charge is 0.498 e. The third-order valence-electron chi connectivity index (χ3n) is 5.02. The Morgan fingerprint density at radius 1 is 1.17 bits per heavy atom. The number of nitrogens with one attached hydrogen (secondary N) is 1. The topological polar surface area (TPSA) is 94.1 Å². The zero-order valence-electron chi connectivity index (χ0n) is 16.6. The second kappa shape index (κ2) is 9.32. The summed E-state index contributed by atoms with van der Waals surface area (Å²) in [6.45, 7) is 2.59. The van der Waals surface area contributed by atoms with E-state index in [1.165, 1.54) is 7.11 Å². The van der Waals surface area contributed by atoms with Gasteiger partial charge in [-0.2, -0.15) is 0 Å². The van der Waals surface area contributed by atoms with Crippen LogP contribution in [0.4, 0.5) is 5.69 Å². The Labute approximate surface area is 169 Å². The fourth-order valence-corrected chi connectivity index (χ4v) is 3.63. The van der Waals surface area contributed by atoms with Gasteiger partial charge in [0.25, 0.3) is 5.91 Å². The zero-order chi connectivity index (χ0) is 20.8. The molecule has 3 rings (SSSR count). The van der Waals surface area contributed by atoms with Crippen LogP contribution >= 0.6 is 0 Å². The van der Waals surface area contributed by atoms with Gasteiger partial charge in [0.15, 0.2) is 0 Å². The van der Waals surface area contributed by atoms with Crippen LogP contribution in [0.3, 0.4) is 0 Å². The second-order valence-electron chi connectivity index (χ2n) is 6.82. The molecule has 0 saturated carbocycles. The van der Waals surface area contributed by atoms with Crippen molar-refractivity contribution in [2.75, 3.05) is 19.0 Å². The molecule has 7 heteroatoms. The first-order chi connectivity index (χ1) is 14.1. The molecule has 0 spiro atoms. The molecule has 0 heterocycles. The van der Waals surface area contributed by atoms with Gasteiger partial charge >= 0.3 is 5.91 Å². The van der Waals surface area contributed by atoms with Gasteiger partial charge in [-0.3, -0.25) is 9.59 Å². The Morgan fingerprint density at radius 2 is 1.97 bits per heavy atom. The lowest BCUT2D eigenvalue weighted by atomic mass is 9.98. The van der Waals surface area contributed by atoms with Gasteiger partial charge < -0.3 is 14.8 Å². The summed E-state index contributed by atoms with van der Waals surface area (Å²) in [4.78, 5) is 34.9. The summed E-state index contributed by atoms with van der Waals surface area (Å²) >= 11 is 0. The lowest BCUT2D eigenvalue weighted by Gasteiger charge is -2.16. The number of rotatable bonds is 7. The summed E-state index contributed by atoms with van der Waals surface area (Å²) in [5.74, 6) is 0.191. The molecule has 1 aromatic carbocycles. The number of allylic oxidation sites excluding steroid dienone is 4. The molecular formula is C22H24N2O5. The Hall–Kier alpha value is -3.22. The zero-order valence-corrected chi connectivity index (χ0v) is 16.6. The smallest absolute Gasteiger partial charge is 0.313 e. The Bertz CT molecular complexity index is 927. The average Bonchev–Trinajstić information content (AvgIpc) is 3.24. The van der Waals surface area contributed by atoms with E-state index in [4.69, 9.17) is 9.47 Å². The summed E-state index contributed by atoms with van der Waals surface area (Å²) in [6, 6.07) is 5.52. The highest BCUT2D eigenvalue weighted by molar-refractivity contribution is 6.11. The standard InChI is InChI=1S/C22H24N2O5/c1-3-29-16-7-4-6-14(12-16)15-10-11-19(20(13-15)28-2)23-21(25)17-8-5-9-18(17)22(26)24-27/h6,10-13H,3-5,7-9H2,1-2H3,(H,23,25). The molecule has 152 valence electrons. The van der Waals surface area contributed by atoms with Crippen LogP contribution in [0, 0.1) is 4.91 Å². The number of nitroso groups, excluding NO2 is 1. The number of hydrogen-bond donors (Lipinski definition) is 1. The molecule has 0 aliphatic heterocycles. The maximum Gasteiger partial charge on any atom is 0.313 e. The summed E-state index contributed by atoms with van der Waals surface area (Å²) in [7, 11) is 1.53. The lowest BCUT2D eigenvalue weighted by molar-refractivity contribution is -0.116. The first-order valence-corrected chi connectivity index (χ1v) is 9.70. The molecule has 2 aliphatic carbocycles. The van der Waals surface area contributed by atoms with Crippen LogP contribution in [0.15, 0.2) is 52.4 Å². The number of ether oxygens (including phenoxy) is 2. The van der Waals surface area contributed by atoms with Gasteiger partial charge in [0.1, 0.15) is 5.75 Å². The minimum atomic E-state index is -0.865. The third-order valence-corrected chi connectivity index (χ3v) is 5.02. The number of nitrogens with zero attached hydrogens (tertiary/aromatic N) is 1. The van der Waals surface area contributed by atoms with E-state index in [0.29, 0.717) is 42.9 Å². The van der Waals surface area contributed by atoms with E-state index in [9.17, 15) is 14.5 Å². The number of benzene rings is 1. The Morgan fingerprint density at radius 3 is 2.69 bits per heavy atom. The average molecular weight is 396 g/mol. The minimum absolute atomic E-state index is 0.203. The molecule has 0 unspecified atom stereocenters. The number of hydrogen-bond acceptors (Lipinski definition) is 5. The Balaban J connectivity index is 1.83. The van der Waals surface area contributed by atoms with E-state index in [2.05, 4.69) is 16.6 Å². The van der Waals surface area contributed by atoms with Gasteiger partial charge in [-0.1, -0.05) is 12.1 Å². The molecular weight excluding hydrogens is 372 g/mol. The van der Waals surface area contributed by atoms with Crippen molar-refractivity contribution in [2.45, 2.75) is 39.0 Å². The molecule has 1 aromatic rings. The van der Waals surface area contributed by atoms with Gasteiger partial charge in [-0.25, -0.2) is 0 Å². The van der Waals surface area contributed by atoms with Crippen molar-refractivity contribution < 1.29 is 19.1 Å². The van der Waals surface area contributed by atoms with E-state index in [1.54, 1.807) is 6.07 Å². The molecule has 2 amide bonds. The first kappa shape index (κ1) is 20.5. The molecule has 1 N–H and O–H groups in total. The van der Waals surface area contributed by atoms with Crippen molar-refractivity contribution in [3.05, 3.63) is 57.7 Å². The number of methoxy groups -OCH3 is 1. The number of anilines is 1. The number of carbonyl (C=O) groups excluding carboxylic acids is 2. The minimum Gasteiger partial charge on any atom is -0.498 e. The van der Waals surface area contributed by atoms with E-state index < -0.39 is 11.8 Å². The number of amides is 2. The molecule has 0 atom stereocenters. The maximum absolute atomic E-state index is 12.7. The van der Waals surface area contributed by atoms with Gasteiger partial charge in [-0.15, -0.1) is 4.91 Å². The molecule has 7 nitrogen and oxygen atoms in total. The summed E-state index contributed by atoms with van der Waals surface area (Å²) in [5, 5.41) is 5.25. The quantitative estimate of drug-likeness (QED) is 0.685. The molecule has 0 radical (unpaired) electrons. The maximum atomic E-state index is 12.7. The van der Waals surface area contributed by atoms with Crippen molar-refractivity contribution >= 4 is 23.1 Å².